The molecule has 1 fully saturated rings. The molecule has 0 spiro atoms. The van der Waals surface area contributed by atoms with Crippen LogP contribution in [0.5, 0.6) is 0 Å². The fourth-order valence-electron chi connectivity index (χ4n) is 3.59. The molecule has 3 aromatic rings. The van der Waals surface area contributed by atoms with E-state index in [1.807, 2.05) is 34.2 Å². The molecule has 3 heterocycles. The fourth-order valence-corrected chi connectivity index (χ4v) is 4.80. The lowest BCUT2D eigenvalue weighted by atomic mass is 10.2. The minimum Gasteiger partial charge on any atom is -0.300 e. The van der Waals surface area contributed by atoms with Crippen LogP contribution in [0.25, 0.3) is 11.4 Å². The summed E-state index contributed by atoms with van der Waals surface area (Å²) < 4.78 is 4.92. The van der Waals surface area contributed by atoms with Crippen molar-refractivity contribution >= 4 is 23.6 Å². The summed E-state index contributed by atoms with van der Waals surface area (Å²) >= 11 is 7.57. The SMILES string of the molecule is CCn1c(-c2ccccc2)nn(CN2CCC[C@H]2c2cccs2)c1=S. The molecule has 4 nitrogen and oxygen atoms in total. The Hall–Kier alpha value is -1.76. The molecular formula is C19H22N4S2. The van der Waals surface area contributed by atoms with Gasteiger partial charge in [0, 0.05) is 29.6 Å². The standard InChI is InChI=1S/C19H22N4S2/c1-2-22-18(15-8-4-3-5-9-15)20-23(19(22)24)14-21-12-6-10-16(21)17-11-7-13-25-17/h3-5,7-9,11,13,16H,2,6,10,12,14H2,1H3/t16-/m0/s1. The van der Waals surface area contributed by atoms with E-state index in [-0.39, 0.29) is 0 Å². The first kappa shape index (κ1) is 16.7. The van der Waals surface area contributed by atoms with E-state index in [1.54, 1.807) is 0 Å². The van der Waals surface area contributed by atoms with Crippen molar-refractivity contribution in [2.45, 2.75) is 39.0 Å². The number of likely N-dealkylation sites (tertiary alicyclic amines) is 1. The molecule has 0 N–H and O–H groups in total. The second-order valence-corrected chi connectivity index (χ2v) is 7.69. The minimum atomic E-state index is 0.494. The molecule has 25 heavy (non-hydrogen) atoms. The molecule has 1 aliphatic heterocycles. The molecule has 130 valence electrons. The third-order valence-corrected chi connectivity index (χ3v) is 6.23. The fraction of sp³-hybridized carbons (Fsp3) is 0.368. The average Bonchev–Trinajstić information content (AvgIpc) is 3.37. The van der Waals surface area contributed by atoms with E-state index in [1.165, 1.54) is 17.7 Å². The highest BCUT2D eigenvalue weighted by molar-refractivity contribution is 7.71. The molecule has 0 aliphatic carbocycles. The Balaban J connectivity index is 1.65. The highest BCUT2D eigenvalue weighted by Crippen LogP contribution is 2.34. The van der Waals surface area contributed by atoms with Crippen molar-refractivity contribution in [1.82, 2.24) is 19.2 Å². The molecule has 0 amide bonds. The molecular weight excluding hydrogens is 348 g/mol. The molecule has 1 saturated heterocycles. The zero-order valence-corrected chi connectivity index (χ0v) is 16.0. The van der Waals surface area contributed by atoms with Crippen LogP contribution in [0.2, 0.25) is 0 Å². The van der Waals surface area contributed by atoms with E-state index in [2.05, 4.69) is 46.0 Å². The van der Waals surface area contributed by atoms with Gasteiger partial charge in [-0.3, -0.25) is 4.90 Å². The van der Waals surface area contributed by atoms with Crippen LogP contribution < -0.4 is 0 Å². The predicted molar refractivity (Wildman–Crippen MR) is 105 cm³/mol. The molecule has 1 aliphatic rings. The van der Waals surface area contributed by atoms with Crippen LogP contribution in [-0.2, 0) is 13.2 Å². The normalized spacial score (nSPS) is 18.0. The first-order valence-corrected chi connectivity index (χ1v) is 10.1. The first-order valence-electron chi connectivity index (χ1n) is 8.78. The second kappa shape index (κ2) is 7.23. The number of thiophene rings is 1. The van der Waals surface area contributed by atoms with Crippen LogP contribution >= 0.6 is 23.6 Å². The maximum atomic E-state index is 5.72. The van der Waals surface area contributed by atoms with Gasteiger partial charge in [-0.2, -0.15) is 5.10 Å². The molecule has 0 unspecified atom stereocenters. The van der Waals surface area contributed by atoms with Crippen molar-refractivity contribution in [2.75, 3.05) is 6.54 Å². The van der Waals surface area contributed by atoms with Crippen LogP contribution in [0.15, 0.2) is 47.8 Å². The molecule has 0 saturated carbocycles. The number of nitrogens with zero attached hydrogens (tertiary/aromatic N) is 4. The lowest BCUT2D eigenvalue weighted by Gasteiger charge is -2.23. The summed E-state index contributed by atoms with van der Waals surface area (Å²) in [5.41, 5.74) is 1.12. The van der Waals surface area contributed by atoms with Gasteiger partial charge >= 0.3 is 0 Å². The Morgan fingerprint density at radius 1 is 1.20 bits per heavy atom. The van der Waals surface area contributed by atoms with Gasteiger partial charge in [-0.25, -0.2) is 4.68 Å². The number of rotatable bonds is 5. The van der Waals surface area contributed by atoms with Crippen LogP contribution in [0, 0.1) is 4.77 Å². The average molecular weight is 371 g/mol. The highest BCUT2D eigenvalue weighted by Gasteiger charge is 2.27. The smallest absolute Gasteiger partial charge is 0.199 e. The maximum absolute atomic E-state index is 5.72. The topological polar surface area (TPSA) is 26.0 Å². The van der Waals surface area contributed by atoms with Gasteiger partial charge in [-0.15, -0.1) is 11.3 Å². The molecule has 1 aromatic carbocycles. The van der Waals surface area contributed by atoms with Gasteiger partial charge in [0.2, 0.25) is 0 Å². The number of aromatic nitrogens is 3. The van der Waals surface area contributed by atoms with Gasteiger partial charge in [0.15, 0.2) is 10.6 Å². The summed E-state index contributed by atoms with van der Waals surface area (Å²) in [5, 5.41) is 7.03. The largest absolute Gasteiger partial charge is 0.300 e. The summed E-state index contributed by atoms with van der Waals surface area (Å²) in [6.07, 6.45) is 2.45. The van der Waals surface area contributed by atoms with Crippen molar-refractivity contribution < 1.29 is 0 Å². The van der Waals surface area contributed by atoms with Crippen molar-refractivity contribution in [1.29, 1.82) is 0 Å². The number of hydrogen-bond acceptors (Lipinski definition) is 4. The summed E-state index contributed by atoms with van der Waals surface area (Å²) in [4.78, 5) is 3.95. The molecule has 6 heteroatoms. The Morgan fingerprint density at radius 2 is 2.04 bits per heavy atom. The quantitative estimate of drug-likeness (QED) is 0.594. The van der Waals surface area contributed by atoms with E-state index in [0.717, 1.165) is 35.9 Å². The Kier molecular flexibility index (Phi) is 4.83. The zero-order valence-electron chi connectivity index (χ0n) is 14.3. The third kappa shape index (κ3) is 3.21. The predicted octanol–water partition coefficient (Wildman–Crippen LogP) is 4.96. The van der Waals surface area contributed by atoms with E-state index in [9.17, 15) is 0 Å². The van der Waals surface area contributed by atoms with Gasteiger partial charge in [-0.05, 0) is 43.4 Å². The lowest BCUT2D eigenvalue weighted by Crippen LogP contribution is -2.26. The Bertz CT molecular complexity index is 880. The molecule has 4 rings (SSSR count). The monoisotopic (exact) mass is 370 g/mol. The summed E-state index contributed by atoms with van der Waals surface area (Å²) in [5.74, 6) is 0.958. The van der Waals surface area contributed by atoms with Gasteiger partial charge in [0.05, 0.1) is 6.67 Å². The van der Waals surface area contributed by atoms with Crippen LogP contribution in [0.3, 0.4) is 0 Å². The van der Waals surface area contributed by atoms with Crippen molar-refractivity contribution in [3.05, 3.63) is 57.5 Å². The van der Waals surface area contributed by atoms with Crippen LogP contribution in [-0.4, -0.2) is 25.8 Å². The zero-order chi connectivity index (χ0) is 17.2. The lowest BCUT2D eigenvalue weighted by molar-refractivity contribution is 0.192. The van der Waals surface area contributed by atoms with Crippen LogP contribution in [0.1, 0.15) is 30.7 Å². The van der Waals surface area contributed by atoms with E-state index >= 15 is 0 Å². The van der Waals surface area contributed by atoms with E-state index < -0.39 is 0 Å². The van der Waals surface area contributed by atoms with Crippen LogP contribution in [0.4, 0.5) is 0 Å². The van der Waals surface area contributed by atoms with Gasteiger partial charge < -0.3 is 4.57 Å². The molecule has 0 radical (unpaired) electrons. The van der Waals surface area contributed by atoms with Gasteiger partial charge in [-0.1, -0.05) is 36.4 Å². The molecule has 2 aromatic heterocycles. The minimum absolute atomic E-state index is 0.494. The molecule has 1 atom stereocenters. The third-order valence-electron chi connectivity index (χ3n) is 4.82. The first-order chi connectivity index (χ1) is 12.3. The molecule has 0 bridgehead atoms. The van der Waals surface area contributed by atoms with Gasteiger partial charge in [0.1, 0.15) is 0 Å². The summed E-state index contributed by atoms with van der Waals surface area (Å²) in [7, 11) is 0. The number of benzene rings is 1. The Labute approximate surface area is 157 Å². The van der Waals surface area contributed by atoms with Gasteiger partial charge in [0.25, 0.3) is 0 Å². The van der Waals surface area contributed by atoms with Crippen molar-refractivity contribution in [3.8, 4) is 11.4 Å². The Morgan fingerprint density at radius 3 is 2.76 bits per heavy atom. The van der Waals surface area contributed by atoms with E-state index in [0.29, 0.717) is 6.04 Å². The van der Waals surface area contributed by atoms with Crippen molar-refractivity contribution in [3.63, 3.8) is 0 Å². The maximum Gasteiger partial charge on any atom is 0.199 e. The summed E-state index contributed by atoms with van der Waals surface area (Å²) in [6.45, 7) is 4.81. The van der Waals surface area contributed by atoms with E-state index in [4.69, 9.17) is 17.3 Å². The highest BCUT2D eigenvalue weighted by atomic mass is 32.1. The second-order valence-electron chi connectivity index (χ2n) is 6.34. The summed E-state index contributed by atoms with van der Waals surface area (Å²) in [6, 6.07) is 15.2. The number of hydrogen-bond donors (Lipinski definition) is 0. The van der Waals surface area contributed by atoms with Crippen molar-refractivity contribution in [2.24, 2.45) is 0 Å².